The lowest BCUT2D eigenvalue weighted by Gasteiger charge is -2.14. The molecule has 4 N–H and O–H groups in total. The first-order valence-electron chi connectivity index (χ1n) is 7.12. The van der Waals surface area contributed by atoms with Crippen LogP contribution in [0.1, 0.15) is 19.3 Å². The fraction of sp³-hybridized carbons (Fsp3) is 0.533. The number of hydrogen-bond donors (Lipinski definition) is 3. The molecular weight excluding hydrogens is 272 g/mol. The summed E-state index contributed by atoms with van der Waals surface area (Å²) in [6, 6.07) is 5.31. The molecule has 0 heterocycles. The second-order valence-electron chi connectivity index (χ2n) is 5.20. The van der Waals surface area contributed by atoms with Crippen molar-refractivity contribution in [2.24, 2.45) is 11.7 Å². The van der Waals surface area contributed by atoms with Crippen LogP contribution in [0, 0.1) is 5.92 Å². The number of carbonyl (C=O) groups excluding carboxylic acids is 1. The summed E-state index contributed by atoms with van der Waals surface area (Å²) < 4.78 is 10.6. The molecule has 0 spiro atoms. The predicted molar refractivity (Wildman–Crippen MR) is 79.5 cm³/mol. The van der Waals surface area contributed by atoms with E-state index in [0.29, 0.717) is 17.2 Å². The maximum absolute atomic E-state index is 12.2. The summed E-state index contributed by atoms with van der Waals surface area (Å²) >= 11 is 0. The third-order valence-corrected chi connectivity index (χ3v) is 3.62. The average Bonchev–Trinajstić information content (AvgIpc) is 2.92. The molecule has 21 heavy (non-hydrogen) atoms. The van der Waals surface area contributed by atoms with Gasteiger partial charge in [0.1, 0.15) is 6.61 Å². The van der Waals surface area contributed by atoms with Crippen LogP contribution in [0.2, 0.25) is 0 Å². The summed E-state index contributed by atoms with van der Waals surface area (Å²) in [6.07, 6.45) is 2.46. The average molecular weight is 294 g/mol. The highest BCUT2D eigenvalue weighted by Crippen LogP contribution is 2.31. The van der Waals surface area contributed by atoms with Crippen LogP contribution in [-0.2, 0) is 4.79 Å². The van der Waals surface area contributed by atoms with Gasteiger partial charge in [-0.05, 0) is 31.4 Å². The lowest BCUT2D eigenvalue weighted by molar-refractivity contribution is -0.119. The number of benzene rings is 1. The maximum atomic E-state index is 12.2. The highest BCUT2D eigenvalue weighted by molar-refractivity contribution is 5.93. The monoisotopic (exact) mass is 294 g/mol. The van der Waals surface area contributed by atoms with Crippen molar-refractivity contribution >= 4 is 11.6 Å². The smallest absolute Gasteiger partial charge is 0.227 e. The molecule has 2 rings (SSSR count). The van der Waals surface area contributed by atoms with Gasteiger partial charge in [-0.25, -0.2) is 0 Å². The molecule has 2 atom stereocenters. The highest BCUT2D eigenvalue weighted by Gasteiger charge is 2.27. The van der Waals surface area contributed by atoms with Crippen molar-refractivity contribution in [3.05, 3.63) is 18.2 Å². The zero-order chi connectivity index (χ0) is 15.2. The summed E-state index contributed by atoms with van der Waals surface area (Å²) in [5, 5.41) is 11.7. The SMILES string of the molecule is COc1ccc(NC(=O)C2CCC(N)C2)cc1OCCO. The van der Waals surface area contributed by atoms with Gasteiger partial charge in [0.2, 0.25) is 5.91 Å². The third-order valence-electron chi connectivity index (χ3n) is 3.62. The van der Waals surface area contributed by atoms with Crippen molar-refractivity contribution in [1.82, 2.24) is 0 Å². The second kappa shape index (κ2) is 7.28. The lowest BCUT2D eigenvalue weighted by Crippen LogP contribution is -2.23. The van der Waals surface area contributed by atoms with E-state index in [1.165, 1.54) is 0 Å². The van der Waals surface area contributed by atoms with Crippen molar-refractivity contribution in [3.63, 3.8) is 0 Å². The summed E-state index contributed by atoms with van der Waals surface area (Å²) in [6.45, 7) is 0.0882. The minimum Gasteiger partial charge on any atom is -0.493 e. The normalized spacial score (nSPS) is 21.1. The van der Waals surface area contributed by atoms with Gasteiger partial charge >= 0.3 is 0 Å². The van der Waals surface area contributed by atoms with E-state index in [2.05, 4.69) is 5.32 Å². The molecule has 0 radical (unpaired) electrons. The van der Waals surface area contributed by atoms with Gasteiger partial charge in [-0.15, -0.1) is 0 Å². The van der Waals surface area contributed by atoms with Gasteiger partial charge in [0, 0.05) is 23.7 Å². The summed E-state index contributed by atoms with van der Waals surface area (Å²) in [5.41, 5.74) is 6.48. The van der Waals surface area contributed by atoms with E-state index in [1.54, 1.807) is 25.3 Å². The van der Waals surface area contributed by atoms with Crippen LogP contribution < -0.4 is 20.5 Å². The van der Waals surface area contributed by atoms with Crippen LogP contribution in [0.3, 0.4) is 0 Å². The molecule has 116 valence electrons. The maximum Gasteiger partial charge on any atom is 0.227 e. The first kappa shape index (κ1) is 15.6. The Morgan fingerprint density at radius 2 is 2.24 bits per heavy atom. The van der Waals surface area contributed by atoms with Gasteiger partial charge in [0.25, 0.3) is 0 Å². The number of rotatable bonds is 6. The van der Waals surface area contributed by atoms with Gasteiger partial charge < -0.3 is 25.6 Å². The molecule has 6 heteroatoms. The van der Waals surface area contributed by atoms with Gasteiger partial charge in [0.05, 0.1) is 13.7 Å². The van der Waals surface area contributed by atoms with Crippen LogP contribution in [0.4, 0.5) is 5.69 Å². The lowest BCUT2D eigenvalue weighted by atomic mass is 10.1. The van der Waals surface area contributed by atoms with E-state index >= 15 is 0 Å². The number of hydrogen-bond acceptors (Lipinski definition) is 5. The van der Waals surface area contributed by atoms with Crippen LogP contribution in [0.15, 0.2) is 18.2 Å². The van der Waals surface area contributed by atoms with Crippen LogP contribution in [0.5, 0.6) is 11.5 Å². The van der Waals surface area contributed by atoms with Crippen molar-refractivity contribution in [3.8, 4) is 11.5 Å². The molecule has 1 saturated carbocycles. The molecule has 1 amide bonds. The number of aliphatic hydroxyl groups excluding tert-OH is 1. The van der Waals surface area contributed by atoms with Gasteiger partial charge in [0.15, 0.2) is 11.5 Å². The van der Waals surface area contributed by atoms with E-state index in [-0.39, 0.29) is 31.1 Å². The Labute approximate surface area is 124 Å². The molecule has 0 aliphatic heterocycles. The number of amides is 1. The zero-order valence-electron chi connectivity index (χ0n) is 12.2. The van der Waals surface area contributed by atoms with E-state index in [0.717, 1.165) is 19.3 Å². The fourth-order valence-corrected chi connectivity index (χ4v) is 2.52. The minimum atomic E-state index is -0.0836. The number of carbonyl (C=O) groups is 1. The van der Waals surface area contributed by atoms with E-state index in [1.807, 2.05) is 0 Å². The van der Waals surface area contributed by atoms with E-state index < -0.39 is 0 Å². The number of aliphatic hydroxyl groups is 1. The van der Waals surface area contributed by atoms with Crippen molar-refractivity contribution < 1.29 is 19.4 Å². The fourth-order valence-electron chi connectivity index (χ4n) is 2.52. The molecule has 1 fully saturated rings. The molecule has 0 saturated heterocycles. The molecule has 0 bridgehead atoms. The molecule has 1 aliphatic rings. The van der Waals surface area contributed by atoms with Crippen LogP contribution >= 0.6 is 0 Å². The third kappa shape index (κ3) is 4.09. The number of ether oxygens (including phenoxy) is 2. The van der Waals surface area contributed by atoms with Gasteiger partial charge in [-0.2, -0.15) is 0 Å². The van der Waals surface area contributed by atoms with Gasteiger partial charge in [-0.3, -0.25) is 4.79 Å². The summed E-state index contributed by atoms with van der Waals surface area (Å²) in [7, 11) is 1.54. The molecule has 6 nitrogen and oxygen atoms in total. The molecule has 1 aromatic carbocycles. The molecular formula is C15H22N2O4. The second-order valence-corrected chi connectivity index (χ2v) is 5.20. The van der Waals surface area contributed by atoms with Crippen LogP contribution in [-0.4, -0.2) is 37.4 Å². The topological polar surface area (TPSA) is 93.8 Å². The Kier molecular flexibility index (Phi) is 5.41. The minimum absolute atomic E-state index is 0.0128. The van der Waals surface area contributed by atoms with Crippen molar-refractivity contribution in [2.45, 2.75) is 25.3 Å². The molecule has 1 aromatic rings. The number of nitrogens with two attached hydrogens (primary N) is 1. The summed E-state index contributed by atoms with van der Waals surface area (Å²) in [5.74, 6) is 1.02. The highest BCUT2D eigenvalue weighted by atomic mass is 16.5. The molecule has 2 unspecified atom stereocenters. The Bertz CT molecular complexity index is 493. The first-order chi connectivity index (χ1) is 10.1. The number of nitrogens with one attached hydrogen (secondary N) is 1. The Morgan fingerprint density at radius 3 is 2.86 bits per heavy atom. The van der Waals surface area contributed by atoms with Crippen LogP contribution in [0.25, 0.3) is 0 Å². The van der Waals surface area contributed by atoms with Crippen molar-refractivity contribution in [1.29, 1.82) is 0 Å². The Morgan fingerprint density at radius 1 is 1.43 bits per heavy atom. The zero-order valence-corrected chi connectivity index (χ0v) is 12.2. The first-order valence-corrected chi connectivity index (χ1v) is 7.12. The number of anilines is 1. The predicted octanol–water partition coefficient (Wildman–Crippen LogP) is 1.13. The summed E-state index contributed by atoms with van der Waals surface area (Å²) in [4.78, 5) is 12.2. The standard InChI is InChI=1S/C15H22N2O4/c1-20-13-5-4-12(9-14(13)21-7-6-18)17-15(19)10-2-3-11(16)8-10/h4-5,9-11,18H,2-3,6-8,16H2,1H3,(H,17,19). The molecule has 0 aromatic heterocycles. The quantitative estimate of drug-likeness (QED) is 0.731. The van der Waals surface area contributed by atoms with Gasteiger partial charge in [-0.1, -0.05) is 0 Å². The Hall–Kier alpha value is -1.79. The molecule has 1 aliphatic carbocycles. The van der Waals surface area contributed by atoms with E-state index in [9.17, 15) is 4.79 Å². The largest absolute Gasteiger partial charge is 0.493 e. The number of methoxy groups -OCH3 is 1. The van der Waals surface area contributed by atoms with E-state index in [4.69, 9.17) is 20.3 Å². The van der Waals surface area contributed by atoms with Crippen molar-refractivity contribution in [2.75, 3.05) is 25.6 Å². The Balaban J connectivity index is 2.04.